The number of aliphatic hydroxyl groups is 1. The average molecular weight is 229 g/mol. The number of ether oxygens (including phenoxy) is 2. The van der Waals surface area contributed by atoms with Crippen molar-refractivity contribution in [3.05, 3.63) is 0 Å². The van der Waals surface area contributed by atoms with Crippen LogP contribution in [-0.2, 0) is 9.47 Å². The third-order valence-corrected chi connectivity index (χ3v) is 2.89. The minimum absolute atomic E-state index is 0.0464. The van der Waals surface area contributed by atoms with E-state index in [1.807, 2.05) is 20.8 Å². The normalized spacial score (nSPS) is 34.0. The Kier molecular flexibility index (Phi) is 2.84. The van der Waals surface area contributed by atoms with Gasteiger partial charge in [0.25, 0.3) is 0 Å². The SMILES string of the molecule is CC(C)(C)OC(=O)N1C[C@@H]2OC[C@H]1C[C@@H]2O. The first kappa shape index (κ1) is 11.7. The summed E-state index contributed by atoms with van der Waals surface area (Å²) in [6.07, 6.45) is -0.420. The van der Waals surface area contributed by atoms with Gasteiger partial charge in [-0.25, -0.2) is 4.79 Å². The highest BCUT2D eigenvalue weighted by Gasteiger charge is 2.43. The molecule has 3 saturated heterocycles. The summed E-state index contributed by atoms with van der Waals surface area (Å²) in [5, 5.41) is 9.63. The first-order chi connectivity index (χ1) is 7.37. The Balaban J connectivity index is 1.99. The molecule has 3 rings (SSSR count). The van der Waals surface area contributed by atoms with Gasteiger partial charge in [-0.1, -0.05) is 0 Å². The Labute approximate surface area is 95.3 Å². The van der Waals surface area contributed by atoms with Crippen molar-refractivity contribution in [1.29, 1.82) is 0 Å². The van der Waals surface area contributed by atoms with Crippen LogP contribution in [0, 0.1) is 0 Å². The Morgan fingerprint density at radius 2 is 2.19 bits per heavy atom. The van der Waals surface area contributed by atoms with Gasteiger partial charge in [-0.3, -0.25) is 0 Å². The number of fused-ring (bicyclic) bond motifs is 3. The van der Waals surface area contributed by atoms with Crippen molar-refractivity contribution in [3.63, 3.8) is 0 Å². The fourth-order valence-corrected chi connectivity index (χ4v) is 2.12. The molecule has 0 aromatic rings. The molecule has 0 spiro atoms. The quantitative estimate of drug-likeness (QED) is 0.666. The number of aliphatic hydroxyl groups excluding tert-OH is 1. The lowest BCUT2D eigenvalue weighted by Gasteiger charge is -2.47. The maximum atomic E-state index is 11.9. The molecule has 2 bridgehead atoms. The van der Waals surface area contributed by atoms with E-state index in [0.717, 1.165) is 0 Å². The third-order valence-electron chi connectivity index (χ3n) is 2.89. The lowest BCUT2D eigenvalue weighted by Crippen LogP contribution is -2.62. The van der Waals surface area contributed by atoms with Crippen LogP contribution < -0.4 is 0 Å². The second-order valence-electron chi connectivity index (χ2n) is 5.46. The first-order valence-electron chi connectivity index (χ1n) is 5.66. The molecule has 92 valence electrons. The van der Waals surface area contributed by atoms with Crippen LogP contribution in [0.15, 0.2) is 0 Å². The van der Waals surface area contributed by atoms with Gasteiger partial charge in [0.05, 0.1) is 25.3 Å². The molecular formula is C11H19NO4. The Morgan fingerprint density at radius 1 is 1.50 bits per heavy atom. The fourth-order valence-electron chi connectivity index (χ4n) is 2.12. The van der Waals surface area contributed by atoms with Crippen LogP contribution in [0.1, 0.15) is 27.2 Å². The molecule has 3 aliphatic rings. The molecule has 3 heterocycles. The number of rotatable bonds is 0. The van der Waals surface area contributed by atoms with Crippen LogP contribution in [0.25, 0.3) is 0 Å². The van der Waals surface area contributed by atoms with Gasteiger partial charge in [0, 0.05) is 0 Å². The van der Waals surface area contributed by atoms with E-state index in [4.69, 9.17) is 9.47 Å². The highest BCUT2D eigenvalue weighted by Crippen LogP contribution is 2.28. The number of nitrogens with zero attached hydrogens (tertiary/aromatic N) is 1. The monoisotopic (exact) mass is 229 g/mol. The minimum Gasteiger partial charge on any atom is -0.444 e. The predicted octanol–water partition coefficient (Wildman–Crippen LogP) is 0.756. The second-order valence-corrected chi connectivity index (χ2v) is 5.46. The lowest BCUT2D eigenvalue weighted by atomic mass is 9.95. The van der Waals surface area contributed by atoms with E-state index in [1.54, 1.807) is 4.90 Å². The van der Waals surface area contributed by atoms with Gasteiger partial charge in [-0.15, -0.1) is 0 Å². The Hall–Kier alpha value is -0.810. The largest absolute Gasteiger partial charge is 0.444 e. The molecule has 3 atom stereocenters. The summed E-state index contributed by atoms with van der Waals surface area (Å²) in [7, 11) is 0. The van der Waals surface area contributed by atoms with Crippen LogP contribution in [0.2, 0.25) is 0 Å². The van der Waals surface area contributed by atoms with Gasteiger partial charge in [0.15, 0.2) is 0 Å². The van der Waals surface area contributed by atoms with Gasteiger partial charge in [0.2, 0.25) is 0 Å². The molecule has 0 aromatic carbocycles. The van der Waals surface area contributed by atoms with E-state index in [2.05, 4.69) is 0 Å². The molecule has 16 heavy (non-hydrogen) atoms. The Bertz CT molecular complexity index is 286. The minimum atomic E-state index is -0.479. The summed E-state index contributed by atoms with van der Waals surface area (Å²) >= 11 is 0. The van der Waals surface area contributed by atoms with Gasteiger partial charge in [-0.2, -0.15) is 0 Å². The molecule has 3 fully saturated rings. The van der Waals surface area contributed by atoms with Crippen LogP contribution in [0.5, 0.6) is 0 Å². The summed E-state index contributed by atoms with van der Waals surface area (Å²) in [5.41, 5.74) is -0.479. The Morgan fingerprint density at radius 3 is 2.62 bits per heavy atom. The highest BCUT2D eigenvalue weighted by molar-refractivity contribution is 5.69. The maximum absolute atomic E-state index is 11.9. The summed E-state index contributed by atoms with van der Waals surface area (Å²) in [5.74, 6) is 0. The first-order valence-corrected chi connectivity index (χ1v) is 5.66. The topological polar surface area (TPSA) is 59.0 Å². The zero-order valence-corrected chi connectivity index (χ0v) is 9.97. The van der Waals surface area contributed by atoms with Crippen molar-refractivity contribution in [2.45, 2.75) is 51.0 Å². The van der Waals surface area contributed by atoms with Crippen molar-refractivity contribution in [2.24, 2.45) is 0 Å². The van der Waals surface area contributed by atoms with Gasteiger partial charge in [0.1, 0.15) is 11.7 Å². The molecule has 3 aliphatic heterocycles. The maximum Gasteiger partial charge on any atom is 0.410 e. The molecule has 0 radical (unpaired) electrons. The third kappa shape index (κ3) is 2.30. The van der Waals surface area contributed by atoms with Crippen molar-refractivity contribution in [1.82, 2.24) is 4.90 Å². The summed E-state index contributed by atoms with van der Waals surface area (Å²) in [6, 6.07) is -0.0464. The smallest absolute Gasteiger partial charge is 0.410 e. The van der Waals surface area contributed by atoms with Crippen LogP contribution in [0.3, 0.4) is 0 Å². The number of piperidine rings is 1. The van der Waals surface area contributed by atoms with Crippen molar-refractivity contribution in [3.8, 4) is 0 Å². The molecule has 5 heteroatoms. The number of amides is 1. The zero-order valence-electron chi connectivity index (χ0n) is 9.97. The molecule has 1 amide bonds. The van der Waals surface area contributed by atoms with E-state index < -0.39 is 11.7 Å². The number of hydrogen-bond donors (Lipinski definition) is 1. The van der Waals surface area contributed by atoms with E-state index in [-0.39, 0.29) is 18.2 Å². The van der Waals surface area contributed by atoms with Crippen molar-refractivity contribution >= 4 is 6.09 Å². The van der Waals surface area contributed by atoms with Crippen molar-refractivity contribution in [2.75, 3.05) is 13.2 Å². The number of carbonyl (C=O) groups excluding carboxylic acids is 1. The van der Waals surface area contributed by atoms with Gasteiger partial charge < -0.3 is 19.5 Å². The summed E-state index contributed by atoms with van der Waals surface area (Å²) in [4.78, 5) is 13.5. The number of morpholine rings is 1. The molecule has 5 nitrogen and oxygen atoms in total. The lowest BCUT2D eigenvalue weighted by molar-refractivity contribution is -0.159. The molecule has 0 unspecified atom stereocenters. The summed E-state index contributed by atoms with van der Waals surface area (Å²) < 4.78 is 10.7. The number of carbonyl (C=O) groups is 1. The zero-order chi connectivity index (χ0) is 11.9. The number of hydrogen-bond acceptors (Lipinski definition) is 4. The molecule has 0 aliphatic carbocycles. The fraction of sp³-hybridized carbons (Fsp3) is 0.909. The van der Waals surface area contributed by atoms with E-state index in [0.29, 0.717) is 19.6 Å². The van der Waals surface area contributed by atoms with E-state index >= 15 is 0 Å². The molecule has 1 N–H and O–H groups in total. The predicted molar refractivity (Wildman–Crippen MR) is 57.1 cm³/mol. The second kappa shape index (κ2) is 3.89. The van der Waals surface area contributed by atoms with Gasteiger partial charge >= 0.3 is 6.09 Å². The van der Waals surface area contributed by atoms with Crippen LogP contribution in [0.4, 0.5) is 4.79 Å². The average Bonchev–Trinajstić information content (AvgIpc) is 2.15. The van der Waals surface area contributed by atoms with Crippen LogP contribution in [-0.4, -0.2) is 53.1 Å². The van der Waals surface area contributed by atoms with Gasteiger partial charge in [-0.05, 0) is 27.2 Å². The van der Waals surface area contributed by atoms with Crippen LogP contribution >= 0.6 is 0 Å². The molecule has 0 aromatic heterocycles. The van der Waals surface area contributed by atoms with E-state index in [1.165, 1.54) is 0 Å². The standard InChI is InChI=1S/C11H19NO4/c1-11(2,3)16-10(14)12-5-9-8(13)4-7(12)6-15-9/h7-9,13H,4-6H2,1-3H3/t7-,8+,9+/m1/s1. The van der Waals surface area contributed by atoms with E-state index in [9.17, 15) is 9.90 Å². The summed E-state index contributed by atoms with van der Waals surface area (Å²) in [6.45, 7) is 6.47. The molecule has 0 saturated carbocycles. The van der Waals surface area contributed by atoms with Crippen molar-refractivity contribution < 1.29 is 19.4 Å². The highest BCUT2D eigenvalue weighted by atomic mass is 16.6. The molecular weight excluding hydrogens is 210 g/mol.